The highest BCUT2D eigenvalue weighted by molar-refractivity contribution is 6.38. The van der Waals surface area contributed by atoms with E-state index < -0.39 is 5.38 Å². The molecule has 0 aliphatic heterocycles. The number of benzene rings is 1. The number of rotatable bonds is 3. The molecular weight excluding hydrogens is 243 g/mol. The summed E-state index contributed by atoms with van der Waals surface area (Å²) in [5.74, 6) is 0.0994. The summed E-state index contributed by atoms with van der Waals surface area (Å²) in [7, 11) is 0. The van der Waals surface area contributed by atoms with Gasteiger partial charge in [-0.2, -0.15) is 0 Å². The maximum atomic E-state index is 11.8. The third kappa shape index (κ3) is 2.41. The zero-order valence-electron chi connectivity index (χ0n) is 9.01. The largest absolute Gasteiger partial charge is 0.292 e. The number of Topliss-reactive ketones (excluding diaryl/α,β-unsaturated/α-hetero) is 1. The van der Waals surface area contributed by atoms with Crippen molar-refractivity contribution in [3.8, 4) is 0 Å². The Morgan fingerprint density at radius 3 is 2.62 bits per heavy atom. The Bertz CT molecular complexity index is 401. The third-order valence-corrected chi connectivity index (χ3v) is 3.87. The predicted octanol–water partition coefficient (Wildman–Crippen LogP) is 3.59. The van der Waals surface area contributed by atoms with Crippen molar-refractivity contribution >= 4 is 29.0 Å². The quantitative estimate of drug-likeness (QED) is 0.597. The molecule has 0 aromatic heterocycles. The molecule has 0 saturated carbocycles. The standard InChI is InChI=1S/C13H14Cl2O/c14-8-12(15)13(16)11-6-5-9-3-1-2-4-10(9)7-11/h5-7,12H,1-4,8H2. The Balaban J connectivity index is 2.26. The van der Waals surface area contributed by atoms with Crippen LogP contribution in [0.4, 0.5) is 0 Å². The first-order valence-electron chi connectivity index (χ1n) is 5.58. The number of hydrogen-bond donors (Lipinski definition) is 0. The molecular formula is C13H14Cl2O. The molecule has 0 saturated heterocycles. The summed E-state index contributed by atoms with van der Waals surface area (Å²) in [5, 5.41) is -0.608. The lowest BCUT2D eigenvalue weighted by atomic mass is 9.89. The minimum atomic E-state index is -0.608. The van der Waals surface area contributed by atoms with Gasteiger partial charge in [0, 0.05) is 11.4 Å². The van der Waals surface area contributed by atoms with E-state index in [4.69, 9.17) is 23.2 Å². The molecule has 86 valence electrons. The van der Waals surface area contributed by atoms with Crippen LogP contribution in [0.25, 0.3) is 0 Å². The van der Waals surface area contributed by atoms with Gasteiger partial charge >= 0.3 is 0 Å². The number of ketones is 1. The second kappa shape index (κ2) is 5.20. The van der Waals surface area contributed by atoms with Crippen LogP contribution in [0.1, 0.15) is 34.3 Å². The van der Waals surface area contributed by atoms with E-state index in [2.05, 4.69) is 6.07 Å². The molecule has 0 N–H and O–H groups in total. The maximum absolute atomic E-state index is 11.8. The number of carbonyl (C=O) groups is 1. The summed E-state index contributed by atoms with van der Waals surface area (Å²) in [6.07, 6.45) is 4.67. The highest BCUT2D eigenvalue weighted by Gasteiger charge is 2.18. The van der Waals surface area contributed by atoms with E-state index in [0.29, 0.717) is 5.56 Å². The van der Waals surface area contributed by atoms with Crippen molar-refractivity contribution in [1.82, 2.24) is 0 Å². The summed E-state index contributed by atoms with van der Waals surface area (Å²) in [4.78, 5) is 11.8. The fraction of sp³-hybridized carbons (Fsp3) is 0.462. The zero-order chi connectivity index (χ0) is 11.5. The molecule has 1 atom stereocenters. The fourth-order valence-corrected chi connectivity index (χ4v) is 2.40. The van der Waals surface area contributed by atoms with Gasteiger partial charge in [-0.05, 0) is 42.9 Å². The van der Waals surface area contributed by atoms with Gasteiger partial charge in [-0.15, -0.1) is 23.2 Å². The molecule has 0 amide bonds. The van der Waals surface area contributed by atoms with Gasteiger partial charge in [-0.1, -0.05) is 12.1 Å². The molecule has 1 aliphatic carbocycles. The minimum Gasteiger partial charge on any atom is -0.292 e. The van der Waals surface area contributed by atoms with Crippen LogP contribution in [0, 0.1) is 0 Å². The third-order valence-electron chi connectivity index (χ3n) is 3.05. The van der Waals surface area contributed by atoms with Crippen LogP contribution in [-0.4, -0.2) is 17.0 Å². The monoisotopic (exact) mass is 256 g/mol. The average molecular weight is 257 g/mol. The lowest BCUT2D eigenvalue weighted by Crippen LogP contribution is -2.17. The van der Waals surface area contributed by atoms with Crippen molar-refractivity contribution in [2.24, 2.45) is 0 Å². The van der Waals surface area contributed by atoms with Crippen molar-refractivity contribution in [2.75, 3.05) is 5.88 Å². The number of hydrogen-bond acceptors (Lipinski definition) is 1. The van der Waals surface area contributed by atoms with E-state index in [0.717, 1.165) is 12.8 Å². The van der Waals surface area contributed by atoms with Crippen molar-refractivity contribution in [3.05, 3.63) is 34.9 Å². The van der Waals surface area contributed by atoms with E-state index in [1.807, 2.05) is 12.1 Å². The van der Waals surface area contributed by atoms with Gasteiger partial charge in [0.1, 0.15) is 5.38 Å². The van der Waals surface area contributed by atoms with E-state index in [1.54, 1.807) is 0 Å². The van der Waals surface area contributed by atoms with Gasteiger partial charge in [0.15, 0.2) is 5.78 Å². The lowest BCUT2D eigenvalue weighted by molar-refractivity contribution is 0.0992. The Labute approximate surface area is 106 Å². The smallest absolute Gasteiger partial charge is 0.181 e. The topological polar surface area (TPSA) is 17.1 Å². The Morgan fingerprint density at radius 2 is 1.94 bits per heavy atom. The van der Waals surface area contributed by atoms with Crippen LogP contribution < -0.4 is 0 Å². The van der Waals surface area contributed by atoms with Gasteiger partial charge in [-0.25, -0.2) is 0 Å². The maximum Gasteiger partial charge on any atom is 0.181 e. The lowest BCUT2D eigenvalue weighted by Gasteiger charge is -2.16. The normalized spacial score (nSPS) is 16.6. The van der Waals surface area contributed by atoms with Crippen LogP contribution >= 0.6 is 23.2 Å². The first-order chi connectivity index (χ1) is 7.72. The summed E-state index contributed by atoms with van der Waals surface area (Å²) < 4.78 is 0. The molecule has 0 heterocycles. The predicted molar refractivity (Wildman–Crippen MR) is 67.8 cm³/mol. The number of halogens is 2. The second-order valence-corrected chi connectivity index (χ2v) is 5.01. The Morgan fingerprint density at radius 1 is 1.25 bits per heavy atom. The molecule has 0 bridgehead atoms. The molecule has 1 aromatic rings. The number of carbonyl (C=O) groups excluding carboxylic acids is 1. The van der Waals surface area contributed by atoms with Gasteiger partial charge in [0.2, 0.25) is 0 Å². The molecule has 16 heavy (non-hydrogen) atoms. The van der Waals surface area contributed by atoms with Crippen molar-refractivity contribution < 1.29 is 4.79 Å². The minimum absolute atomic E-state index is 0.0648. The van der Waals surface area contributed by atoms with Crippen molar-refractivity contribution in [2.45, 2.75) is 31.1 Å². The van der Waals surface area contributed by atoms with Crippen LogP contribution in [0.2, 0.25) is 0 Å². The number of alkyl halides is 2. The van der Waals surface area contributed by atoms with Crippen molar-refractivity contribution in [1.29, 1.82) is 0 Å². The average Bonchev–Trinajstić information content (AvgIpc) is 2.36. The fourth-order valence-electron chi connectivity index (χ4n) is 2.14. The van der Waals surface area contributed by atoms with Crippen LogP contribution in [-0.2, 0) is 12.8 Å². The summed E-state index contributed by atoms with van der Waals surface area (Å²) >= 11 is 11.4. The summed E-state index contributed by atoms with van der Waals surface area (Å²) in [6.45, 7) is 0. The van der Waals surface area contributed by atoms with Gasteiger partial charge in [0.05, 0.1) is 0 Å². The SMILES string of the molecule is O=C(c1ccc2c(c1)CCCC2)C(Cl)CCl. The van der Waals surface area contributed by atoms with Gasteiger partial charge in [-0.3, -0.25) is 4.79 Å². The van der Waals surface area contributed by atoms with Crippen LogP contribution in [0.15, 0.2) is 18.2 Å². The number of aryl methyl sites for hydroxylation is 2. The van der Waals surface area contributed by atoms with Gasteiger partial charge in [0.25, 0.3) is 0 Å². The molecule has 0 spiro atoms. The van der Waals surface area contributed by atoms with E-state index >= 15 is 0 Å². The van der Waals surface area contributed by atoms with Crippen LogP contribution in [0.3, 0.4) is 0 Å². The van der Waals surface area contributed by atoms with E-state index in [-0.39, 0.29) is 11.7 Å². The molecule has 1 nitrogen and oxygen atoms in total. The molecule has 2 rings (SSSR count). The summed E-state index contributed by atoms with van der Waals surface area (Å²) in [5.41, 5.74) is 3.37. The first-order valence-corrected chi connectivity index (χ1v) is 6.55. The molecule has 0 radical (unpaired) electrons. The van der Waals surface area contributed by atoms with Crippen LogP contribution in [0.5, 0.6) is 0 Å². The molecule has 3 heteroatoms. The molecule has 1 aliphatic rings. The zero-order valence-corrected chi connectivity index (χ0v) is 10.5. The first kappa shape index (κ1) is 11.9. The van der Waals surface area contributed by atoms with Crippen molar-refractivity contribution in [3.63, 3.8) is 0 Å². The molecule has 1 unspecified atom stereocenters. The Kier molecular flexibility index (Phi) is 3.88. The second-order valence-electron chi connectivity index (χ2n) is 4.18. The highest BCUT2D eigenvalue weighted by atomic mass is 35.5. The number of fused-ring (bicyclic) bond motifs is 1. The summed E-state index contributed by atoms with van der Waals surface area (Å²) in [6, 6.07) is 5.91. The highest BCUT2D eigenvalue weighted by Crippen LogP contribution is 2.23. The molecule has 1 aromatic carbocycles. The van der Waals surface area contributed by atoms with E-state index in [9.17, 15) is 4.79 Å². The molecule has 0 fully saturated rings. The van der Waals surface area contributed by atoms with E-state index in [1.165, 1.54) is 24.0 Å². The van der Waals surface area contributed by atoms with Gasteiger partial charge < -0.3 is 0 Å². The Hall–Kier alpha value is -0.530.